The highest BCUT2D eigenvalue weighted by Gasteiger charge is 2.64. The predicted molar refractivity (Wildman–Crippen MR) is 74.8 cm³/mol. The molecule has 0 saturated heterocycles. The Bertz CT molecular complexity index is 693. The Morgan fingerprint density at radius 2 is 1.57 bits per heavy atom. The Labute approximate surface area is 123 Å². The highest BCUT2D eigenvalue weighted by Crippen LogP contribution is 2.61. The van der Waals surface area contributed by atoms with E-state index in [1.165, 1.54) is 6.08 Å². The number of rotatable bonds is 2. The third-order valence-corrected chi connectivity index (χ3v) is 4.26. The van der Waals surface area contributed by atoms with E-state index in [4.69, 9.17) is 0 Å². The van der Waals surface area contributed by atoms with Gasteiger partial charge in [-0.3, -0.25) is 0 Å². The standard InChI is InChI=1S/C17H12N4/c1-2-14-8-16(9-18,10-19)15(17(14,11-20)12-21)13-6-4-3-5-7-13/h2-7,14-15H,1,8H2/t14-,15-/m1/s1. The van der Waals surface area contributed by atoms with Crippen molar-refractivity contribution in [2.45, 2.75) is 12.3 Å². The largest absolute Gasteiger partial charge is 0.197 e. The van der Waals surface area contributed by atoms with Crippen molar-refractivity contribution in [3.63, 3.8) is 0 Å². The molecule has 4 heteroatoms. The van der Waals surface area contributed by atoms with Crippen molar-refractivity contribution in [1.29, 1.82) is 21.0 Å². The molecule has 1 aliphatic rings. The lowest BCUT2D eigenvalue weighted by atomic mass is 9.66. The number of benzene rings is 1. The predicted octanol–water partition coefficient (Wildman–Crippen LogP) is 3.04. The van der Waals surface area contributed by atoms with Crippen LogP contribution in [0.25, 0.3) is 0 Å². The first-order chi connectivity index (χ1) is 10.1. The van der Waals surface area contributed by atoms with Gasteiger partial charge in [0, 0.05) is 11.8 Å². The second-order valence-corrected chi connectivity index (χ2v) is 5.18. The lowest BCUT2D eigenvalue weighted by molar-refractivity contribution is 0.371. The van der Waals surface area contributed by atoms with Gasteiger partial charge in [0.15, 0.2) is 10.8 Å². The summed E-state index contributed by atoms with van der Waals surface area (Å²) in [6, 6.07) is 17.1. The van der Waals surface area contributed by atoms with Crippen LogP contribution in [0.4, 0.5) is 0 Å². The van der Waals surface area contributed by atoms with Gasteiger partial charge in [-0.2, -0.15) is 21.0 Å². The molecule has 1 aromatic carbocycles. The molecule has 0 heterocycles. The van der Waals surface area contributed by atoms with E-state index >= 15 is 0 Å². The number of nitriles is 4. The van der Waals surface area contributed by atoms with Gasteiger partial charge in [-0.05, 0) is 12.0 Å². The summed E-state index contributed by atoms with van der Waals surface area (Å²) in [5, 5.41) is 38.4. The van der Waals surface area contributed by atoms with Crippen LogP contribution in [0.2, 0.25) is 0 Å². The minimum absolute atomic E-state index is 0.143. The summed E-state index contributed by atoms with van der Waals surface area (Å²) in [5.41, 5.74) is -2.19. The molecule has 0 radical (unpaired) electrons. The summed E-state index contributed by atoms with van der Waals surface area (Å²) >= 11 is 0. The average Bonchev–Trinajstić information content (AvgIpc) is 2.86. The Balaban J connectivity index is 2.79. The third-order valence-electron chi connectivity index (χ3n) is 4.26. The van der Waals surface area contributed by atoms with Crippen LogP contribution in [0, 0.1) is 62.1 Å². The van der Waals surface area contributed by atoms with Crippen molar-refractivity contribution in [1.82, 2.24) is 0 Å². The molecule has 21 heavy (non-hydrogen) atoms. The van der Waals surface area contributed by atoms with E-state index in [9.17, 15) is 21.0 Å². The Kier molecular flexibility index (Phi) is 3.50. The molecule has 0 aromatic heterocycles. The van der Waals surface area contributed by atoms with Crippen molar-refractivity contribution in [3.05, 3.63) is 48.6 Å². The van der Waals surface area contributed by atoms with Crippen LogP contribution in [0.1, 0.15) is 17.9 Å². The third kappa shape index (κ3) is 1.79. The monoisotopic (exact) mass is 272 g/mol. The van der Waals surface area contributed by atoms with Gasteiger partial charge in [0.1, 0.15) is 0 Å². The molecule has 0 unspecified atom stereocenters. The quantitative estimate of drug-likeness (QED) is 0.773. The van der Waals surface area contributed by atoms with E-state index in [0.29, 0.717) is 5.56 Å². The second kappa shape index (κ2) is 5.13. The summed E-state index contributed by atoms with van der Waals surface area (Å²) in [4.78, 5) is 0. The first-order valence-electron chi connectivity index (χ1n) is 6.46. The van der Waals surface area contributed by atoms with Gasteiger partial charge in [-0.25, -0.2) is 0 Å². The SMILES string of the molecule is C=C[C@@H]1CC(C#N)(C#N)[C@@H](c2ccccc2)C1(C#N)C#N. The van der Waals surface area contributed by atoms with Crippen molar-refractivity contribution < 1.29 is 0 Å². The molecule has 0 bridgehead atoms. The van der Waals surface area contributed by atoms with Gasteiger partial charge >= 0.3 is 0 Å². The fourth-order valence-corrected chi connectivity index (χ4v) is 3.26. The van der Waals surface area contributed by atoms with E-state index < -0.39 is 22.7 Å². The maximum atomic E-state index is 9.63. The van der Waals surface area contributed by atoms with E-state index in [0.717, 1.165) is 0 Å². The van der Waals surface area contributed by atoms with Crippen LogP contribution in [0.5, 0.6) is 0 Å². The molecule has 1 fully saturated rings. The van der Waals surface area contributed by atoms with Crippen LogP contribution in [0.3, 0.4) is 0 Å². The molecule has 1 aromatic rings. The number of nitrogens with zero attached hydrogens (tertiary/aromatic N) is 4. The van der Waals surface area contributed by atoms with Crippen LogP contribution >= 0.6 is 0 Å². The van der Waals surface area contributed by atoms with Crippen molar-refractivity contribution in [3.8, 4) is 24.3 Å². The van der Waals surface area contributed by atoms with E-state index in [1.54, 1.807) is 24.3 Å². The highest BCUT2D eigenvalue weighted by atomic mass is 14.6. The van der Waals surface area contributed by atoms with Crippen LogP contribution in [-0.4, -0.2) is 0 Å². The minimum Gasteiger partial charge on any atom is -0.197 e. The number of hydrogen-bond acceptors (Lipinski definition) is 4. The van der Waals surface area contributed by atoms with Crippen molar-refractivity contribution >= 4 is 0 Å². The first kappa shape index (κ1) is 14.3. The normalized spacial score (nSPS) is 24.8. The smallest absolute Gasteiger partial charge is 0.159 e. The molecular formula is C17H12N4. The Morgan fingerprint density at radius 3 is 2.00 bits per heavy atom. The van der Waals surface area contributed by atoms with E-state index in [2.05, 4.69) is 30.9 Å². The van der Waals surface area contributed by atoms with Crippen LogP contribution < -0.4 is 0 Å². The zero-order valence-electron chi connectivity index (χ0n) is 11.3. The Hall–Kier alpha value is -3.08. The van der Waals surface area contributed by atoms with Crippen molar-refractivity contribution in [2.75, 3.05) is 0 Å². The zero-order chi connectivity index (χ0) is 15.5. The van der Waals surface area contributed by atoms with Gasteiger partial charge < -0.3 is 0 Å². The zero-order valence-corrected chi connectivity index (χ0v) is 11.3. The second-order valence-electron chi connectivity index (χ2n) is 5.18. The molecular weight excluding hydrogens is 260 g/mol. The van der Waals surface area contributed by atoms with Crippen LogP contribution in [0.15, 0.2) is 43.0 Å². The molecule has 1 aliphatic carbocycles. The van der Waals surface area contributed by atoms with E-state index in [-0.39, 0.29) is 6.42 Å². The van der Waals surface area contributed by atoms with Gasteiger partial charge in [-0.15, -0.1) is 6.58 Å². The van der Waals surface area contributed by atoms with Gasteiger partial charge in [-0.1, -0.05) is 36.4 Å². The summed E-state index contributed by atoms with van der Waals surface area (Å²) < 4.78 is 0. The molecule has 1 saturated carbocycles. The van der Waals surface area contributed by atoms with Crippen molar-refractivity contribution in [2.24, 2.45) is 16.7 Å². The first-order valence-corrected chi connectivity index (χ1v) is 6.46. The molecule has 0 N–H and O–H groups in total. The summed E-state index contributed by atoms with van der Waals surface area (Å²) in [5.74, 6) is -1.30. The number of allylic oxidation sites excluding steroid dienone is 1. The highest BCUT2D eigenvalue weighted by molar-refractivity contribution is 5.45. The van der Waals surface area contributed by atoms with Crippen LogP contribution in [-0.2, 0) is 0 Å². The lowest BCUT2D eigenvalue weighted by Gasteiger charge is -2.29. The minimum atomic E-state index is -1.45. The van der Waals surface area contributed by atoms with E-state index in [1.807, 2.05) is 6.07 Å². The maximum absolute atomic E-state index is 9.63. The Morgan fingerprint density at radius 1 is 1.00 bits per heavy atom. The summed E-state index contributed by atoms with van der Waals surface area (Å²) in [6.45, 7) is 3.68. The fraction of sp³-hybridized carbons (Fsp3) is 0.294. The molecule has 0 aliphatic heterocycles. The number of hydrogen-bond donors (Lipinski definition) is 0. The summed E-state index contributed by atoms with van der Waals surface area (Å²) in [6.07, 6.45) is 1.66. The molecule has 2 atom stereocenters. The molecule has 0 spiro atoms. The topological polar surface area (TPSA) is 95.2 Å². The molecule has 100 valence electrons. The van der Waals surface area contributed by atoms with Gasteiger partial charge in [0.2, 0.25) is 0 Å². The molecule has 0 amide bonds. The molecule has 2 rings (SSSR count). The fourth-order valence-electron chi connectivity index (χ4n) is 3.26. The van der Waals surface area contributed by atoms with Gasteiger partial charge in [0.05, 0.1) is 24.3 Å². The van der Waals surface area contributed by atoms with Gasteiger partial charge in [0.25, 0.3) is 0 Å². The average molecular weight is 272 g/mol. The lowest BCUT2D eigenvalue weighted by Crippen LogP contribution is -2.31. The summed E-state index contributed by atoms with van der Waals surface area (Å²) in [7, 11) is 0. The maximum Gasteiger partial charge on any atom is 0.159 e. The molecule has 4 nitrogen and oxygen atoms in total.